The highest BCUT2D eigenvalue weighted by Crippen LogP contribution is 2.51. The van der Waals surface area contributed by atoms with Crippen LogP contribution >= 0.6 is 15.6 Å². The van der Waals surface area contributed by atoms with Crippen LogP contribution < -0.4 is 27.1 Å². The summed E-state index contributed by atoms with van der Waals surface area (Å²) in [6, 6.07) is 41.5. The lowest BCUT2D eigenvalue weighted by Gasteiger charge is -2.19. The molecule has 7 rings (SSSR count). The van der Waals surface area contributed by atoms with Crippen LogP contribution in [-0.4, -0.2) is 33.0 Å². The summed E-state index contributed by atoms with van der Waals surface area (Å²) in [5.74, 6) is 1.59. The van der Waals surface area contributed by atoms with Crippen molar-refractivity contribution < 1.29 is 45.9 Å². The van der Waals surface area contributed by atoms with Crippen LogP contribution in [0.25, 0.3) is 22.8 Å². The van der Waals surface area contributed by atoms with Gasteiger partial charge in [0.2, 0.25) is 11.6 Å². The number of para-hydroxylation sites is 2. The van der Waals surface area contributed by atoms with E-state index in [2.05, 4.69) is 20.4 Å². The van der Waals surface area contributed by atoms with Crippen molar-refractivity contribution in [2.45, 2.75) is 0 Å². The summed E-state index contributed by atoms with van der Waals surface area (Å²) in [4.78, 5) is 22.1. The molecule has 1 aromatic heterocycles. The molecule has 0 N–H and O–H groups in total. The molecule has 14 nitrogen and oxygen atoms in total. The topological polar surface area (TPSA) is 175 Å². The molecular weight excluding hydrogens is 758 g/mol. The molecule has 56 heavy (non-hydrogen) atoms. The van der Waals surface area contributed by atoms with E-state index in [0.29, 0.717) is 34.8 Å². The zero-order chi connectivity index (χ0) is 38.8. The van der Waals surface area contributed by atoms with E-state index in [9.17, 15) is 18.7 Å². The first-order valence-corrected chi connectivity index (χ1v) is 19.6. The van der Waals surface area contributed by atoms with Crippen molar-refractivity contribution in [2.24, 2.45) is 0 Å². The summed E-state index contributed by atoms with van der Waals surface area (Å²) >= 11 is 0. The van der Waals surface area contributed by atoms with E-state index in [4.69, 9.17) is 27.1 Å². The smallest absolute Gasteiger partial charge is 0.386 e. The second kappa shape index (κ2) is 16.9. The standard InChI is InChI=1S/C40H28N4O10P2/c45-27-29-11-19-35(20-12-29)51-55(47,49-33-7-3-1-4-8-33)53-37-23-15-31(16-24-37)39-41-43-40(44-42-39)32-17-25-38(26-18-32)54-56(48,50-34-9-5-2-6-10-34)52-36-21-13-30(28-46)14-22-36/h1-28H. The minimum Gasteiger partial charge on any atom is -0.386 e. The normalized spacial score (nSPS) is 12.9. The first-order valence-electron chi connectivity index (χ1n) is 16.6. The summed E-state index contributed by atoms with van der Waals surface area (Å²) in [5.41, 5.74) is 1.90. The molecular formula is C40H28N4O10P2. The summed E-state index contributed by atoms with van der Waals surface area (Å²) in [6.45, 7) is 0. The number of carbonyl (C=O) groups is 2. The van der Waals surface area contributed by atoms with Crippen LogP contribution in [0.1, 0.15) is 20.7 Å². The quantitative estimate of drug-likeness (QED) is 0.0668. The Morgan fingerprint density at radius 3 is 0.857 bits per heavy atom. The van der Waals surface area contributed by atoms with Crippen LogP contribution in [0, 0.1) is 0 Å². The predicted octanol–water partition coefficient (Wildman–Crippen LogP) is 9.52. The number of aromatic nitrogens is 4. The third kappa shape index (κ3) is 9.69. The number of aldehydes is 2. The Kier molecular flexibility index (Phi) is 11.2. The van der Waals surface area contributed by atoms with E-state index in [-0.39, 0.29) is 46.1 Å². The summed E-state index contributed by atoms with van der Waals surface area (Å²) < 4.78 is 61.9. The molecule has 6 aromatic carbocycles. The van der Waals surface area contributed by atoms with E-state index in [1.54, 1.807) is 84.9 Å². The van der Waals surface area contributed by atoms with Crippen molar-refractivity contribution in [3.8, 4) is 57.3 Å². The lowest BCUT2D eigenvalue weighted by Crippen LogP contribution is -2.08. The van der Waals surface area contributed by atoms with Crippen molar-refractivity contribution in [3.63, 3.8) is 0 Å². The highest BCUT2D eigenvalue weighted by atomic mass is 31.2. The largest absolute Gasteiger partial charge is 0.647 e. The maximum absolute atomic E-state index is 13.8. The average molecular weight is 787 g/mol. The molecule has 0 bridgehead atoms. The molecule has 2 atom stereocenters. The molecule has 0 amide bonds. The van der Waals surface area contributed by atoms with Gasteiger partial charge in [-0.15, -0.1) is 20.4 Å². The molecule has 0 aliphatic rings. The highest BCUT2D eigenvalue weighted by Gasteiger charge is 2.34. The van der Waals surface area contributed by atoms with E-state index in [1.807, 2.05) is 0 Å². The van der Waals surface area contributed by atoms with Gasteiger partial charge in [0.1, 0.15) is 47.1 Å². The zero-order valence-corrected chi connectivity index (χ0v) is 30.7. The molecule has 0 saturated carbocycles. The molecule has 278 valence electrons. The van der Waals surface area contributed by atoms with Crippen molar-refractivity contribution in [1.29, 1.82) is 0 Å². The van der Waals surface area contributed by atoms with Crippen LogP contribution in [0.5, 0.6) is 34.5 Å². The third-order valence-corrected chi connectivity index (χ3v) is 10.1. The van der Waals surface area contributed by atoms with Gasteiger partial charge in [0.05, 0.1) is 0 Å². The number of hydrogen-bond donors (Lipinski definition) is 0. The van der Waals surface area contributed by atoms with Gasteiger partial charge < -0.3 is 27.1 Å². The number of rotatable bonds is 16. The lowest BCUT2D eigenvalue weighted by molar-refractivity contribution is 0.111. The number of benzene rings is 6. The van der Waals surface area contributed by atoms with Crippen LogP contribution in [0.2, 0.25) is 0 Å². The maximum Gasteiger partial charge on any atom is 0.647 e. The molecule has 7 aromatic rings. The van der Waals surface area contributed by atoms with Crippen LogP contribution in [0.4, 0.5) is 0 Å². The number of carbonyl (C=O) groups excluding carboxylic acids is 2. The summed E-state index contributed by atoms with van der Waals surface area (Å²) in [7, 11) is -8.56. The fourth-order valence-electron chi connectivity index (χ4n) is 4.85. The van der Waals surface area contributed by atoms with Crippen LogP contribution in [0.3, 0.4) is 0 Å². The maximum atomic E-state index is 13.8. The van der Waals surface area contributed by atoms with Gasteiger partial charge in [0.15, 0.2) is 0 Å². The minimum atomic E-state index is -4.28. The monoisotopic (exact) mass is 786 g/mol. The van der Waals surface area contributed by atoms with Crippen LogP contribution in [0.15, 0.2) is 158 Å². The van der Waals surface area contributed by atoms with E-state index in [1.165, 1.54) is 72.8 Å². The first kappa shape index (κ1) is 37.2. The van der Waals surface area contributed by atoms with Crippen molar-refractivity contribution in [2.75, 3.05) is 0 Å². The van der Waals surface area contributed by atoms with Gasteiger partial charge >= 0.3 is 15.6 Å². The van der Waals surface area contributed by atoms with Crippen molar-refractivity contribution in [3.05, 3.63) is 169 Å². The van der Waals surface area contributed by atoms with Gasteiger partial charge in [-0.1, -0.05) is 36.4 Å². The molecule has 0 spiro atoms. The SMILES string of the molecule is O=Cc1ccc(OP(=O)(Oc2ccccc2)Oc2ccc(-c3nnc(-c4ccc(OP(=O)(Oc5ccccc5)Oc5ccc(C=O)cc5)cc4)nn3)cc2)cc1. The summed E-state index contributed by atoms with van der Waals surface area (Å²) in [5, 5.41) is 16.8. The second-order valence-corrected chi connectivity index (χ2v) is 14.4. The molecule has 1 heterocycles. The second-order valence-electron chi connectivity index (χ2n) is 11.5. The van der Waals surface area contributed by atoms with Crippen molar-refractivity contribution >= 4 is 28.2 Å². The molecule has 0 saturated heterocycles. The van der Waals surface area contributed by atoms with Gasteiger partial charge in [0, 0.05) is 22.3 Å². The van der Waals surface area contributed by atoms with Gasteiger partial charge in [-0.2, -0.15) is 9.13 Å². The number of hydrogen-bond acceptors (Lipinski definition) is 14. The van der Waals surface area contributed by atoms with Gasteiger partial charge in [-0.05, 0) is 121 Å². The predicted molar refractivity (Wildman–Crippen MR) is 204 cm³/mol. The van der Waals surface area contributed by atoms with E-state index >= 15 is 0 Å². The fourth-order valence-corrected chi connectivity index (χ4v) is 7.36. The molecule has 0 fully saturated rings. The Balaban J connectivity index is 1.03. The number of phosphoric acid groups is 2. The van der Waals surface area contributed by atoms with Crippen molar-refractivity contribution in [1.82, 2.24) is 20.4 Å². The molecule has 2 unspecified atom stereocenters. The third-order valence-electron chi connectivity index (χ3n) is 7.53. The minimum absolute atomic E-state index is 0.164. The Labute approximate surface area is 319 Å². The van der Waals surface area contributed by atoms with Crippen LogP contribution in [-0.2, 0) is 9.13 Å². The van der Waals surface area contributed by atoms with Gasteiger partial charge in [-0.25, -0.2) is 0 Å². The molecule has 0 aliphatic heterocycles. The zero-order valence-electron chi connectivity index (χ0n) is 28.9. The Hall–Kier alpha value is -7.14. The average Bonchev–Trinajstić information content (AvgIpc) is 3.22. The van der Waals surface area contributed by atoms with Gasteiger partial charge in [0.25, 0.3) is 0 Å². The van der Waals surface area contributed by atoms with Gasteiger partial charge in [-0.3, -0.25) is 9.59 Å². The first-order chi connectivity index (χ1) is 27.3. The molecule has 0 aliphatic carbocycles. The number of nitrogens with zero attached hydrogens (tertiary/aromatic N) is 4. The Morgan fingerprint density at radius 1 is 0.339 bits per heavy atom. The summed E-state index contributed by atoms with van der Waals surface area (Å²) in [6.07, 6.45) is 1.36. The number of phosphoric ester groups is 2. The molecule has 16 heteroatoms. The van der Waals surface area contributed by atoms with E-state index < -0.39 is 15.6 Å². The Bertz CT molecular complexity index is 2320. The lowest BCUT2D eigenvalue weighted by atomic mass is 10.2. The fraction of sp³-hybridized carbons (Fsp3) is 0. The Morgan fingerprint density at radius 2 is 0.589 bits per heavy atom. The molecule has 0 radical (unpaired) electrons. The van der Waals surface area contributed by atoms with E-state index in [0.717, 1.165) is 0 Å². The highest BCUT2D eigenvalue weighted by molar-refractivity contribution is 7.50.